The fourth-order valence-electron chi connectivity index (χ4n) is 4.99. The maximum atomic E-state index is 14.4. The van der Waals surface area contributed by atoms with Gasteiger partial charge in [-0.2, -0.15) is 5.09 Å². The highest BCUT2D eigenvalue weighted by Crippen LogP contribution is 2.47. The number of nitrogens with two attached hydrogens (primary N) is 1. The minimum atomic E-state index is -4.19. The number of hydrogen-bond acceptors (Lipinski definition) is 10. The Hall–Kier alpha value is -3.57. The quantitative estimate of drug-likeness (QED) is 0.109. The fraction of sp³-hybridized carbons (Fsp3) is 0.484. The van der Waals surface area contributed by atoms with Gasteiger partial charge in [0.15, 0.2) is 5.82 Å². The Morgan fingerprint density at radius 2 is 1.86 bits per heavy atom. The van der Waals surface area contributed by atoms with Crippen molar-refractivity contribution in [1.29, 1.82) is 0 Å². The van der Waals surface area contributed by atoms with Crippen molar-refractivity contribution in [3.05, 3.63) is 54.5 Å². The van der Waals surface area contributed by atoms with Gasteiger partial charge in [-0.25, -0.2) is 19.5 Å². The lowest BCUT2D eigenvalue weighted by Gasteiger charge is -2.35. The number of hydrogen-bond donors (Lipinski definition) is 2. The van der Waals surface area contributed by atoms with Crippen molar-refractivity contribution < 1.29 is 27.9 Å². The first-order chi connectivity index (χ1) is 21.0. The lowest BCUT2D eigenvalue weighted by molar-refractivity contribution is -0.149. The van der Waals surface area contributed by atoms with Crippen LogP contribution in [0.3, 0.4) is 0 Å². The molecule has 0 bridgehead atoms. The average molecular weight is 627 g/mol. The monoisotopic (exact) mass is 626 g/mol. The van der Waals surface area contributed by atoms with Gasteiger partial charge in [0.05, 0.1) is 29.3 Å². The van der Waals surface area contributed by atoms with Crippen molar-refractivity contribution in [2.75, 3.05) is 18.9 Å². The van der Waals surface area contributed by atoms with E-state index in [0.29, 0.717) is 30.2 Å². The summed E-state index contributed by atoms with van der Waals surface area (Å²) in [6.07, 6.45) is 3.55. The number of nitrogen functional groups attached to an aromatic ring is 1. The third-order valence-corrected chi connectivity index (χ3v) is 8.69. The fourth-order valence-corrected chi connectivity index (χ4v) is 6.55. The van der Waals surface area contributed by atoms with Gasteiger partial charge < -0.3 is 24.3 Å². The number of fused-ring (bicyclic) bond motifs is 3. The second kappa shape index (κ2) is 14.5. The van der Waals surface area contributed by atoms with Crippen molar-refractivity contribution in [3.63, 3.8) is 0 Å². The molecular formula is C31H43N6O6P. The van der Waals surface area contributed by atoms with Crippen LogP contribution in [0.1, 0.15) is 66.6 Å². The van der Waals surface area contributed by atoms with Crippen LogP contribution in [0.5, 0.6) is 5.88 Å². The van der Waals surface area contributed by atoms with Crippen LogP contribution in [0, 0.1) is 0 Å². The molecule has 3 heterocycles. The third kappa shape index (κ3) is 7.74. The molecule has 0 saturated heterocycles. The van der Waals surface area contributed by atoms with Gasteiger partial charge in [-0.15, -0.1) is 0 Å². The highest BCUT2D eigenvalue weighted by atomic mass is 31.2. The Bertz CT molecular complexity index is 1610. The molecule has 0 fully saturated rings. The summed E-state index contributed by atoms with van der Waals surface area (Å²) in [7, 11) is -4.19. The molecule has 238 valence electrons. The van der Waals surface area contributed by atoms with E-state index in [4.69, 9.17) is 29.2 Å². The molecule has 0 aliphatic carbocycles. The first kappa shape index (κ1) is 33.3. The molecule has 0 spiro atoms. The number of benzene rings is 1. The Balaban J connectivity index is 1.81. The van der Waals surface area contributed by atoms with Gasteiger partial charge in [-0.3, -0.25) is 9.32 Å². The number of anilines is 1. The van der Waals surface area contributed by atoms with E-state index in [1.165, 1.54) is 6.20 Å². The number of esters is 1. The van der Waals surface area contributed by atoms with E-state index in [0.717, 1.165) is 29.3 Å². The second-order valence-electron chi connectivity index (χ2n) is 11.2. The van der Waals surface area contributed by atoms with Crippen LogP contribution in [0.25, 0.3) is 21.9 Å². The molecule has 1 aromatic carbocycles. The SMILES string of the molecule is CCCCC(C)(CO[P@@](=O)(N[C@@H](C)C(=O)OC(C)C)Oc1ccccn1)n1c(COCC)nc2c(N)nc3ccccc3c21. The van der Waals surface area contributed by atoms with Crippen LogP contribution in [-0.2, 0) is 35.5 Å². The maximum absolute atomic E-state index is 14.4. The zero-order valence-corrected chi connectivity index (χ0v) is 27.2. The molecular weight excluding hydrogens is 583 g/mol. The number of para-hydroxylation sites is 1. The normalized spacial score (nSPS) is 15.2. The van der Waals surface area contributed by atoms with E-state index in [1.807, 2.05) is 38.1 Å². The summed E-state index contributed by atoms with van der Waals surface area (Å²) in [6, 6.07) is 11.7. The molecule has 44 heavy (non-hydrogen) atoms. The lowest BCUT2D eigenvalue weighted by Crippen LogP contribution is -2.40. The highest BCUT2D eigenvalue weighted by Gasteiger charge is 2.39. The maximum Gasteiger partial charge on any atom is 0.460 e. The number of unbranched alkanes of at least 4 members (excludes halogenated alkanes) is 1. The topological polar surface area (TPSA) is 153 Å². The number of nitrogens with zero attached hydrogens (tertiary/aromatic N) is 4. The van der Waals surface area contributed by atoms with Crippen molar-refractivity contribution >= 4 is 41.5 Å². The molecule has 4 aromatic rings. The first-order valence-electron chi connectivity index (χ1n) is 15.0. The zero-order chi connectivity index (χ0) is 31.9. The van der Waals surface area contributed by atoms with Crippen LogP contribution >= 0.6 is 7.75 Å². The van der Waals surface area contributed by atoms with Gasteiger partial charge >= 0.3 is 13.7 Å². The van der Waals surface area contributed by atoms with Crippen LogP contribution in [-0.4, -0.2) is 50.8 Å². The largest absolute Gasteiger partial charge is 0.462 e. The smallest absolute Gasteiger partial charge is 0.460 e. The predicted octanol–water partition coefficient (Wildman–Crippen LogP) is 6.14. The van der Waals surface area contributed by atoms with E-state index < -0.39 is 25.3 Å². The second-order valence-corrected chi connectivity index (χ2v) is 12.9. The molecule has 0 aliphatic heterocycles. The Kier molecular flexibility index (Phi) is 11.0. The molecule has 0 amide bonds. The zero-order valence-electron chi connectivity index (χ0n) is 26.3. The summed E-state index contributed by atoms with van der Waals surface area (Å²) in [5.74, 6) is 0.433. The molecule has 3 aromatic heterocycles. The first-order valence-corrected chi connectivity index (χ1v) is 16.5. The molecule has 3 atom stereocenters. The summed E-state index contributed by atoms with van der Waals surface area (Å²) in [5.41, 5.74) is 7.70. The van der Waals surface area contributed by atoms with Gasteiger partial charge in [0.2, 0.25) is 5.88 Å². The van der Waals surface area contributed by atoms with Gasteiger partial charge in [0.25, 0.3) is 0 Å². The summed E-state index contributed by atoms with van der Waals surface area (Å²) < 4.78 is 39.7. The van der Waals surface area contributed by atoms with Gasteiger partial charge in [-0.1, -0.05) is 44.0 Å². The Morgan fingerprint density at radius 3 is 2.55 bits per heavy atom. The molecule has 13 heteroatoms. The molecule has 12 nitrogen and oxygen atoms in total. The number of ether oxygens (including phenoxy) is 2. The summed E-state index contributed by atoms with van der Waals surface area (Å²) in [6.45, 7) is 11.7. The molecule has 0 saturated carbocycles. The van der Waals surface area contributed by atoms with Crippen molar-refractivity contribution in [2.24, 2.45) is 0 Å². The molecule has 0 aliphatic rings. The number of carbonyl (C=O) groups is 1. The van der Waals surface area contributed by atoms with Crippen LogP contribution in [0.2, 0.25) is 0 Å². The molecule has 3 N–H and O–H groups in total. The van der Waals surface area contributed by atoms with E-state index >= 15 is 0 Å². The third-order valence-electron chi connectivity index (χ3n) is 7.09. The lowest BCUT2D eigenvalue weighted by atomic mass is 9.94. The van der Waals surface area contributed by atoms with Crippen molar-refractivity contribution in [3.8, 4) is 5.88 Å². The van der Waals surface area contributed by atoms with Gasteiger partial charge in [0.1, 0.15) is 24.0 Å². The Morgan fingerprint density at radius 1 is 1.11 bits per heavy atom. The van der Waals surface area contributed by atoms with Gasteiger partial charge in [-0.05, 0) is 53.2 Å². The van der Waals surface area contributed by atoms with Crippen LogP contribution in [0.4, 0.5) is 5.82 Å². The van der Waals surface area contributed by atoms with Crippen LogP contribution in [0.15, 0.2) is 48.7 Å². The number of imidazole rings is 1. The van der Waals surface area contributed by atoms with Gasteiger partial charge in [0, 0.05) is 24.3 Å². The summed E-state index contributed by atoms with van der Waals surface area (Å²) in [5, 5.41) is 3.63. The number of aromatic nitrogens is 4. The number of rotatable bonds is 16. The average Bonchev–Trinajstić information content (AvgIpc) is 3.39. The molecule has 0 radical (unpaired) electrons. The Labute approximate surface area is 258 Å². The van der Waals surface area contributed by atoms with Crippen molar-refractivity contribution in [1.82, 2.24) is 24.6 Å². The van der Waals surface area contributed by atoms with Crippen LogP contribution < -0.4 is 15.3 Å². The minimum Gasteiger partial charge on any atom is -0.462 e. The van der Waals surface area contributed by atoms with E-state index in [1.54, 1.807) is 39.0 Å². The summed E-state index contributed by atoms with van der Waals surface area (Å²) in [4.78, 5) is 26.3. The van der Waals surface area contributed by atoms with E-state index in [-0.39, 0.29) is 25.2 Å². The molecule has 4 rings (SSSR count). The molecule has 1 unspecified atom stereocenters. The van der Waals surface area contributed by atoms with E-state index in [2.05, 4.69) is 26.5 Å². The number of pyridine rings is 2. The van der Waals surface area contributed by atoms with E-state index in [9.17, 15) is 9.36 Å². The van der Waals surface area contributed by atoms with Crippen molar-refractivity contribution in [2.45, 2.75) is 85.1 Å². The predicted molar refractivity (Wildman–Crippen MR) is 170 cm³/mol. The standard InChI is InChI=1S/C31H43N6O6P/c1-7-9-17-31(6,20-41-44(39,43-26-16-12-13-18-33-26)36-22(5)30(38)42-21(3)4)37-25(19-40-8-2)35-27-28(37)23-14-10-11-15-24(23)34-29(27)32/h10-16,18,21-22H,7-9,17,19-20H2,1-6H3,(H2,32,34)(H,36,39)/t22-,31?,44-/m0/s1. The summed E-state index contributed by atoms with van der Waals surface area (Å²) >= 11 is 0. The minimum absolute atomic E-state index is 0.0722. The highest BCUT2D eigenvalue weighted by molar-refractivity contribution is 7.52. The number of nitrogens with one attached hydrogen (secondary N) is 1. The number of carbonyl (C=O) groups excluding carboxylic acids is 1.